The van der Waals surface area contributed by atoms with Gasteiger partial charge in [-0.3, -0.25) is 9.59 Å². The number of amides is 1. The van der Waals surface area contributed by atoms with Crippen LogP contribution in [0.5, 0.6) is 23.0 Å². The number of aryl methyl sites for hydroxylation is 1. The lowest BCUT2D eigenvalue weighted by atomic mass is 9.95. The van der Waals surface area contributed by atoms with Crippen molar-refractivity contribution in [3.63, 3.8) is 0 Å². The normalized spacial score (nSPS) is 14.3. The van der Waals surface area contributed by atoms with Gasteiger partial charge in [-0.2, -0.15) is 0 Å². The summed E-state index contributed by atoms with van der Waals surface area (Å²) in [4.78, 5) is 36.9. The van der Waals surface area contributed by atoms with Crippen LogP contribution in [0.25, 0.3) is 11.1 Å². The van der Waals surface area contributed by atoms with E-state index in [2.05, 4.69) is 5.32 Å². The summed E-state index contributed by atoms with van der Waals surface area (Å²) in [7, 11) is 5.68. The molecule has 1 atom stereocenters. The summed E-state index contributed by atoms with van der Waals surface area (Å²) in [6.45, 7) is 1.38. The lowest BCUT2D eigenvalue weighted by Gasteiger charge is -2.19. The van der Waals surface area contributed by atoms with Crippen LogP contribution in [0.4, 0.5) is 0 Å². The van der Waals surface area contributed by atoms with Crippen LogP contribution in [0.2, 0.25) is 0 Å². The van der Waals surface area contributed by atoms with Gasteiger partial charge in [0.1, 0.15) is 5.56 Å². The Morgan fingerprint density at radius 1 is 0.969 bits per heavy atom. The highest BCUT2D eigenvalue weighted by atomic mass is 16.5. The van der Waals surface area contributed by atoms with E-state index in [-0.39, 0.29) is 17.2 Å². The number of carboxylic acids is 1. The van der Waals surface area contributed by atoms with E-state index in [1.807, 2.05) is 0 Å². The maximum Gasteiger partial charge on any atom is 0.339 e. The molecule has 2 aromatic rings. The van der Waals surface area contributed by atoms with E-state index in [1.54, 1.807) is 6.07 Å². The lowest BCUT2D eigenvalue weighted by Crippen LogP contribution is -2.26. The summed E-state index contributed by atoms with van der Waals surface area (Å²) in [5.74, 6) is -0.787. The fourth-order valence-electron chi connectivity index (χ4n) is 4.13. The Kier molecular flexibility index (Phi) is 6.57. The van der Waals surface area contributed by atoms with Crippen molar-refractivity contribution in [1.29, 1.82) is 0 Å². The fraction of sp³-hybridized carbons (Fsp3) is 0.348. The first-order valence-corrected chi connectivity index (χ1v) is 9.86. The number of carboxylic acid groups (broad SMARTS) is 1. The second-order valence-electron chi connectivity index (χ2n) is 7.25. The van der Waals surface area contributed by atoms with Crippen LogP contribution in [-0.4, -0.2) is 45.4 Å². The summed E-state index contributed by atoms with van der Waals surface area (Å²) in [5.41, 5.74) is 1.33. The van der Waals surface area contributed by atoms with Gasteiger partial charge in [-0.1, -0.05) is 0 Å². The van der Waals surface area contributed by atoms with Crippen LogP contribution in [0.1, 0.15) is 40.9 Å². The Balaban J connectivity index is 2.54. The molecule has 0 bridgehead atoms. The fourth-order valence-corrected chi connectivity index (χ4v) is 4.13. The molecule has 0 radical (unpaired) electrons. The van der Waals surface area contributed by atoms with Crippen molar-refractivity contribution < 1.29 is 33.6 Å². The monoisotopic (exact) mass is 443 g/mol. The Labute approximate surface area is 184 Å². The molecule has 0 spiro atoms. The van der Waals surface area contributed by atoms with Gasteiger partial charge in [-0.05, 0) is 47.7 Å². The summed E-state index contributed by atoms with van der Waals surface area (Å²) in [5, 5.41) is 12.7. The smallest absolute Gasteiger partial charge is 0.339 e. The zero-order valence-electron chi connectivity index (χ0n) is 18.5. The number of aromatic carboxylic acids is 1. The number of carbonyl (C=O) groups is 2. The molecule has 0 fully saturated rings. The van der Waals surface area contributed by atoms with Crippen LogP contribution < -0.4 is 29.7 Å². The van der Waals surface area contributed by atoms with Gasteiger partial charge < -0.3 is 29.4 Å². The molecule has 2 aromatic carbocycles. The third-order valence-electron chi connectivity index (χ3n) is 5.43. The number of hydrogen-bond acceptors (Lipinski definition) is 7. The Morgan fingerprint density at radius 3 is 2.16 bits per heavy atom. The number of carbonyl (C=O) groups excluding carboxylic acids is 1. The van der Waals surface area contributed by atoms with Crippen LogP contribution >= 0.6 is 0 Å². The number of rotatable bonds is 6. The third-order valence-corrected chi connectivity index (χ3v) is 5.43. The highest BCUT2D eigenvalue weighted by Gasteiger charge is 2.31. The molecule has 2 N–H and O–H groups in total. The predicted molar refractivity (Wildman–Crippen MR) is 116 cm³/mol. The minimum Gasteiger partial charge on any atom is -0.493 e. The van der Waals surface area contributed by atoms with Crippen LogP contribution in [0.15, 0.2) is 23.0 Å². The van der Waals surface area contributed by atoms with Crippen molar-refractivity contribution in [2.45, 2.75) is 25.8 Å². The first-order chi connectivity index (χ1) is 15.3. The van der Waals surface area contributed by atoms with E-state index in [0.29, 0.717) is 46.8 Å². The molecule has 1 amide bonds. The summed E-state index contributed by atoms with van der Waals surface area (Å²) < 4.78 is 21.8. The molecule has 32 heavy (non-hydrogen) atoms. The number of hydrogen-bond donors (Lipinski definition) is 2. The second kappa shape index (κ2) is 9.17. The first-order valence-electron chi connectivity index (χ1n) is 9.86. The van der Waals surface area contributed by atoms with Crippen molar-refractivity contribution in [2.75, 3.05) is 28.4 Å². The quantitative estimate of drug-likeness (QED) is 0.699. The van der Waals surface area contributed by atoms with Gasteiger partial charge in [0.05, 0.1) is 34.5 Å². The molecule has 0 saturated carbocycles. The molecular formula is C23H25NO8. The second-order valence-corrected chi connectivity index (χ2v) is 7.25. The van der Waals surface area contributed by atoms with Gasteiger partial charge in [-0.15, -0.1) is 0 Å². The number of methoxy groups -OCH3 is 4. The molecule has 0 aliphatic heterocycles. The zero-order valence-corrected chi connectivity index (χ0v) is 18.5. The molecule has 170 valence electrons. The van der Waals surface area contributed by atoms with Crippen molar-refractivity contribution in [3.05, 3.63) is 45.1 Å². The zero-order chi connectivity index (χ0) is 23.6. The predicted octanol–water partition coefficient (Wildman–Crippen LogP) is 2.57. The molecule has 1 aliphatic carbocycles. The van der Waals surface area contributed by atoms with Crippen LogP contribution in [0, 0.1) is 0 Å². The topological polar surface area (TPSA) is 120 Å². The van der Waals surface area contributed by atoms with Crippen LogP contribution in [-0.2, 0) is 11.2 Å². The largest absolute Gasteiger partial charge is 0.493 e. The molecule has 0 saturated heterocycles. The summed E-state index contributed by atoms with van der Waals surface area (Å²) >= 11 is 0. The van der Waals surface area contributed by atoms with Gasteiger partial charge in [0.2, 0.25) is 17.1 Å². The van der Waals surface area contributed by atoms with Crippen molar-refractivity contribution >= 4 is 11.9 Å². The SMILES string of the molecule is COc1cc2c(c(OC)c1OC)-c1cc(C(=O)O)c(OC)c(=O)cc1[C@@H](NC(C)=O)CC2. The van der Waals surface area contributed by atoms with Crippen molar-refractivity contribution in [3.8, 4) is 34.1 Å². The summed E-state index contributed by atoms with van der Waals surface area (Å²) in [6.07, 6.45) is 0.968. The maximum absolute atomic E-state index is 12.9. The molecule has 3 rings (SSSR count). The maximum atomic E-state index is 12.9. The summed E-state index contributed by atoms with van der Waals surface area (Å²) in [6, 6.07) is 3.94. The molecule has 0 aromatic heterocycles. The minimum absolute atomic E-state index is 0.279. The van der Waals surface area contributed by atoms with E-state index >= 15 is 0 Å². The first kappa shape index (κ1) is 22.9. The third kappa shape index (κ3) is 3.93. The van der Waals surface area contributed by atoms with Crippen LogP contribution in [0.3, 0.4) is 0 Å². The Bertz CT molecular complexity index is 1140. The van der Waals surface area contributed by atoms with E-state index < -0.39 is 17.4 Å². The van der Waals surface area contributed by atoms with Gasteiger partial charge >= 0.3 is 5.97 Å². The van der Waals surface area contributed by atoms with Gasteiger partial charge in [0.25, 0.3) is 0 Å². The van der Waals surface area contributed by atoms with E-state index in [9.17, 15) is 19.5 Å². The number of fused-ring (bicyclic) bond motifs is 3. The molecule has 1 aliphatic rings. The number of nitrogens with one attached hydrogen (secondary N) is 1. The molecule has 0 unspecified atom stereocenters. The number of benzene rings is 1. The highest BCUT2D eigenvalue weighted by molar-refractivity contribution is 5.94. The lowest BCUT2D eigenvalue weighted by molar-refractivity contribution is -0.119. The van der Waals surface area contributed by atoms with Gasteiger partial charge in [0, 0.05) is 12.5 Å². The Hall–Kier alpha value is -3.75. The minimum atomic E-state index is -1.32. The van der Waals surface area contributed by atoms with E-state index in [1.165, 1.54) is 47.5 Å². The van der Waals surface area contributed by atoms with Crippen molar-refractivity contribution in [1.82, 2.24) is 5.32 Å². The molecule has 9 heteroatoms. The Morgan fingerprint density at radius 2 is 1.62 bits per heavy atom. The molecule has 0 heterocycles. The molecule has 9 nitrogen and oxygen atoms in total. The number of ether oxygens (including phenoxy) is 4. The highest BCUT2D eigenvalue weighted by Crippen LogP contribution is 2.50. The van der Waals surface area contributed by atoms with E-state index in [0.717, 1.165) is 5.56 Å². The van der Waals surface area contributed by atoms with Gasteiger partial charge in [-0.25, -0.2) is 4.79 Å². The standard InChI is InChI=1S/C23H25NO8/c1-11(25)24-16-7-6-12-8-18(29-2)21(31-4)22(32-5)19(12)14-9-15(23(27)28)20(30-3)17(26)10-13(14)16/h8-10,16H,6-7H2,1-5H3,(H,24,25)(H,27,28)/t16-/m0/s1. The van der Waals surface area contributed by atoms with Gasteiger partial charge in [0.15, 0.2) is 17.2 Å². The molecular weight excluding hydrogens is 418 g/mol. The van der Waals surface area contributed by atoms with E-state index in [4.69, 9.17) is 18.9 Å². The van der Waals surface area contributed by atoms with Crippen molar-refractivity contribution in [2.24, 2.45) is 0 Å². The average Bonchev–Trinajstić information content (AvgIpc) is 2.98. The average molecular weight is 443 g/mol.